The Bertz CT molecular complexity index is 1080. The quantitative estimate of drug-likeness (QED) is 0.293. The van der Waals surface area contributed by atoms with Gasteiger partial charge in [0, 0.05) is 41.9 Å². The van der Waals surface area contributed by atoms with E-state index in [1.165, 1.54) is 0 Å². The SMILES string of the molecule is C1=Cc2cc3ccc(cc4ccc(cc5nc(cc1n2)C=C5)[nH]4)[nH]3.P.[Ga]. The molecule has 4 nitrogen and oxygen atoms in total. The molecule has 26 heavy (non-hydrogen) atoms. The summed E-state index contributed by atoms with van der Waals surface area (Å²) in [5, 5.41) is 0. The van der Waals surface area contributed by atoms with Crippen molar-refractivity contribution in [3.8, 4) is 0 Å². The standard InChI is InChI=1S/C20H14N4.Ga.H3P/c1-2-14-10-16-5-6-18(23-16)12-20-8-7-19(24-20)11-17-4-3-15(22-17)9-13(1)21-14;;/h1-12,21-22H;;1H3. The smallest absolute Gasteiger partial charge is 0.0659 e. The molecule has 5 rings (SSSR count). The van der Waals surface area contributed by atoms with Gasteiger partial charge < -0.3 is 9.97 Å². The van der Waals surface area contributed by atoms with Crippen LogP contribution in [0.25, 0.3) is 46.4 Å². The molecule has 0 spiro atoms. The monoisotopic (exact) mass is 413 g/mol. The zero-order valence-electron chi connectivity index (χ0n) is 14.1. The molecule has 0 fully saturated rings. The normalized spacial score (nSPS) is 11.7. The van der Waals surface area contributed by atoms with Crippen molar-refractivity contribution in [2.45, 2.75) is 0 Å². The fourth-order valence-corrected chi connectivity index (χ4v) is 2.94. The maximum absolute atomic E-state index is 4.62. The molecule has 0 aromatic carbocycles. The van der Waals surface area contributed by atoms with Crippen molar-refractivity contribution in [3.63, 3.8) is 0 Å². The van der Waals surface area contributed by atoms with E-state index in [9.17, 15) is 0 Å². The molecule has 0 saturated carbocycles. The Morgan fingerprint density at radius 3 is 1.27 bits per heavy atom. The van der Waals surface area contributed by atoms with E-state index in [1.54, 1.807) is 0 Å². The molecule has 8 bridgehead atoms. The number of fused-ring (bicyclic) bond motifs is 8. The molecule has 3 aromatic heterocycles. The molecular formula is C20H17GaN4P. The van der Waals surface area contributed by atoms with Gasteiger partial charge in [0.15, 0.2) is 0 Å². The van der Waals surface area contributed by atoms with Crippen LogP contribution in [-0.4, -0.2) is 39.7 Å². The first-order valence-corrected chi connectivity index (χ1v) is 7.85. The van der Waals surface area contributed by atoms with Crippen LogP contribution in [0.15, 0.2) is 48.5 Å². The number of hydrogen-bond donors (Lipinski definition) is 2. The van der Waals surface area contributed by atoms with E-state index in [4.69, 9.17) is 0 Å². The van der Waals surface area contributed by atoms with Crippen molar-refractivity contribution < 1.29 is 0 Å². The van der Waals surface area contributed by atoms with Crippen LogP contribution < -0.4 is 0 Å². The van der Waals surface area contributed by atoms with E-state index in [0.717, 1.165) is 44.8 Å². The van der Waals surface area contributed by atoms with E-state index < -0.39 is 0 Å². The first-order chi connectivity index (χ1) is 11.8. The third kappa shape index (κ3) is 3.75. The largest absolute Gasteiger partial charge is 0.355 e. The molecule has 1 atom stereocenters. The van der Waals surface area contributed by atoms with Gasteiger partial charge >= 0.3 is 0 Å². The molecule has 1 unspecified atom stereocenters. The number of hydrogen-bond acceptors (Lipinski definition) is 2. The molecule has 2 N–H and O–H groups in total. The van der Waals surface area contributed by atoms with Crippen molar-refractivity contribution in [2.75, 3.05) is 0 Å². The molecular weight excluding hydrogens is 397 g/mol. The van der Waals surface area contributed by atoms with Gasteiger partial charge in [0.05, 0.1) is 22.8 Å². The van der Waals surface area contributed by atoms with Gasteiger partial charge in [-0.1, -0.05) is 0 Å². The average molecular weight is 414 g/mol. The number of nitrogens with zero attached hydrogens (tertiary/aromatic N) is 2. The summed E-state index contributed by atoms with van der Waals surface area (Å²) in [5.74, 6) is 0. The molecule has 3 aromatic rings. The van der Waals surface area contributed by atoms with Gasteiger partial charge in [-0.3, -0.25) is 0 Å². The number of H-pyrrole nitrogens is 2. The van der Waals surface area contributed by atoms with Crippen molar-refractivity contribution in [3.05, 3.63) is 71.3 Å². The molecule has 0 saturated heterocycles. The fourth-order valence-electron chi connectivity index (χ4n) is 2.94. The molecule has 6 heteroatoms. The minimum absolute atomic E-state index is 0. The van der Waals surface area contributed by atoms with Crippen LogP contribution in [-0.2, 0) is 0 Å². The summed E-state index contributed by atoms with van der Waals surface area (Å²) in [5.41, 5.74) is 7.86. The van der Waals surface area contributed by atoms with Gasteiger partial charge in [0.2, 0.25) is 0 Å². The summed E-state index contributed by atoms with van der Waals surface area (Å²) >= 11 is 0. The van der Waals surface area contributed by atoms with E-state index in [2.05, 4.69) is 50.3 Å². The summed E-state index contributed by atoms with van der Waals surface area (Å²) < 4.78 is 0. The summed E-state index contributed by atoms with van der Waals surface area (Å²) in [6, 6.07) is 16.4. The maximum Gasteiger partial charge on any atom is 0.0659 e. The predicted molar refractivity (Wildman–Crippen MR) is 116 cm³/mol. The maximum atomic E-state index is 4.62. The molecule has 3 radical (unpaired) electrons. The number of rotatable bonds is 0. The second-order valence-electron chi connectivity index (χ2n) is 5.91. The Morgan fingerprint density at radius 2 is 0.846 bits per heavy atom. The Kier molecular flexibility index (Phi) is 5.32. The summed E-state index contributed by atoms with van der Waals surface area (Å²) in [4.78, 5) is 16.0. The van der Waals surface area contributed by atoms with Gasteiger partial charge in [-0.15, -0.1) is 0 Å². The molecule has 0 amide bonds. The Labute approximate surface area is 167 Å². The topological polar surface area (TPSA) is 57.4 Å². The molecule has 5 heterocycles. The van der Waals surface area contributed by atoms with Crippen molar-refractivity contribution in [1.29, 1.82) is 0 Å². The van der Waals surface area contributed by atoms with E-state index in [0.29, 0.717) is 0 Å². The number of nitrogens with one attached hydrogen (secondary N) is 2. The average Bonchev–Trinajstić information content (AvgIpc) is 3.32. The minimum Gasteiger partial charge on any atom is -0.355 e. The second-order valence-corrected chi connectivity index (χ2v) is 5.91. The van der Waals surface area contributed by atoms with E-state index in [-0.39, 0.29) is 29.7 Å². The first-order valence-electron chi connectivity index (χ1n) is 7.85. The Balaban J connectivity index is 0.000000980. The molecule has 0 aliphatic carbocycles. The third-order valence-electron chi connectivity index (χ3n) is 4.04. The van der Waals surface area contributed by atoms with Gasteiger partial charge in [-0.25, -0.2) is 9.97 Å². The van der Waals surface area contributed by atoms with Crippen LogP contribution in [0.1, 0.15) is 22.8 Å². The van der Waals surface area contributed by atoms with Crippen molar-refractivity contribution in [1.82, 2.24) is 19.9 Å². The summed E-state index contributed by atoms with van der Waals surface area (Å²) in [6.07, 6.45) is 8.05. The van der Waals surface area contributed by atoms with Gasteiger partial charge in [0.25, 0.3) is 0 Å². The van der Waals surface area contributed by atoms with Gasteiger partial charge in [0.1, 0.15) is 0 Å². The van der Waals surface area contributed by atoms with Gasteiger partial charge in [-0.2, -0.15) is 9.90 Å². The van der Waals surface area contributed by atoms with E-state index in [1.807, 2.05) is 42.5 Å². The predicted octanol–water partition coefficient (Wildman–Crippen LogP) is 4.33. The molecule has 2 aliphatic rings. The number of aromatic amines is 2. The minimum atomic E-state index is 0. The zero-order chi connectivity index (χ0) is 15.9. The van der Waals surface area contributed by atoms with Crippen LogP contribution in [0.2, 0.25) is 0 Å². The van der Waals surface area contributed by atoms with Crippen LogP contribution in [0.3, 0.4) is 0 Å². The third-order valence-corrected chi connectivity index (χ3v) is 4.04. The van der Waals surface area contributed by atoms with Crippen LogP contribution in [0.4, 0.5) is 0 Å². The Morgan fingerprint density at radius 1 is 0.500 bits per heavy atom. The summed E-state index contributed by atoms with van der Waals surface area (Å²) in [7, 11) is 0. The number of aromatic nitrogens is 4. The Hall–Kier alpha value is -2.33. The summed E-state index contributed by atoms with van der Waals surface area (Å²) in [6.45, 7) is 0. The molecule has 125 valence electrons. The zero-order valence-corrected chi connectivity index (χ0v) is 17.9. The van der Waals surface area contributed by atoms with Crippen LogP contribution in [0, 0.1) is 0 Å². The van der Waals surface area contributed by atoms with Crippen LogP contribution >= 0.6 is 9.90 Å². The molecule has 2 aliphatic heterocycles. The van der Waals surface area contributed by atoms with Gasteiger partial charge in [-0.05, 0) is 72.8 Å². The van der Waals surface area contributed by atoms with Crippen LogP contribution in [0.5, 0.6) is 0 Å². The first kappa shape index (κ1) is 18.5. The van der Waals surface area contributed by atoms with E-state index >= 15 is 0 Å². The second kappa shape index (κ2) is 7.50. The van der Waals surface area contributed by atoms with Crippen molar-refractivity contribution >= 4 is 76.1 Å². The van der Waals surface area contributed by atoms with Crippen molar-refractivity contribution in [2.24, 2.45) is 0 Å². The fraction of sp³-hybridized carbons (Fsp3) is 0.